The van der Waals surface area contributed by atoms with Crippen LogP contribution in [0.25, 0.3) is 0 Å². The van der Waals surface area contributed by atoms with E-state index in [9.17, 15) is 18.0 Å². The number of rotatable bonds is 14. The highest BCUT2D eigenvalue weighted by Crippen LogP contribution is 2.24. The molecule has 0 saturated heterocycles. The highest BCUT2D eigenvalue weighted by molar-refractivity contribution is 7.92. The number of benzene rings is 3. The van der Waals surface area contributed by atoms with Crippen molar-refractivity contribution in [1.82, 2.24) is 10.2 Å². The third-order valence-electron chi connectivity index (χ3n) is 6.73. The Morgan fingerprint density at radius 1 is 0.927 bits per heavy atom. The van der Waals surface area contributed by atoms with Crippen LogP contribution in [0.4, 0.5) is 5.69 Å². The van der Waals surface area contributed by atoms with Crippen molar-refractivity contribution >= 4 is 27.5 Å². The number of carbonyl (C=O) groups is 2. The first-order valence-electron chi connectivity index (χ1n) is 13.8. The zero-order valence-corrected chi connectivity index (χ0v) is 25.4. The first kappa shape index (κ1) is 31.7. The molecule has 1 N–H and O–H groups in total. The third kappa shape index (κ3) is 9.35. The van der Waals surface area contributed by atoms with Crippen molar-refractivity contribution in [3.63, 3.8) is 0 Å². The van der Waals surface area contributed by atoms with E-state index in [4.69, 9.17) is 4.74 Å². The molecule has 0 saturated carbocycles. The van der Waals surface area contributed by atoms with Gasteiger partial charge in [-0.1, -0.05) is 60.7 Å². The lowest BCUT2D eigenvalue weighted by Crippen LogP contribution is -2.51. The zero-order chi connectivity index (χ0) is 30.0. The fourth-order valence-corrected chi connectivity index (χ4v) is 5.75. The Hall–Kier alpha value is -3.85. The van der Waals surface area contributed by atoms with Gasteiger partial charge in [0.05, 0.1) is 19.1 Å². The van der Waals surface area contributed by atoms with Gasteiger partial charge in [0.15, 0.2) is 0 Å². The van der Waals surface area contributed by atoms with Crippen LogP contribution >= 0.6 is 0 Å². The molecule has 0 aliphatic heterocycles. The summed E-state index contributed by atoms with van der Waals surface area (Å²) in [6.07, 6.45) is 1.87. The number of hydrogen-bond donors (Lipinski definition) is 1. The summed E-state index contributed by atoms with van der Waals surface area (Å²) in [4.78, 5) is 29.1. The molecular weight excluding hydrogens is 538 g/mol. The lowest BCUT2D eigenvalue weighted by atomic mass is 10.0. The van der Waals surface area contributed by atoms with Crippen molar-refractivity contribution < 1.29 is 22.7 Å². The fraction of sp³-hybridized carbons (Fsp3) is 0.375. The van der Waals surface area contributed by atoms with Crippen LogP contribution in [0.1, 0.15) is 43.4 Å². The first-order valence-corrected chi connectivity index (χ1v) is 15.6. The zero-order valence-electron chi connectivity index (χ0n) is 24.5. The van der Waals surface area contributed by atoms with Crippen molar-refractivity contribution in [2.24, 2.45) is 0 Å². The molecule has 0 aromatic heterocycles. The Morgan fingerprint density at radius 3 is 2.22 bits per heavy atom. The van der Waals surface area contributed by atoms with Crippen molar-refractivity contribution in [3.05, 3.63) is 95.6 Å². The largest absolute Gasteiger partial charge is 0.497 e. The molecule has 0 aliphatic carbocycles. The average Bonchev–Trinajstić information content (AvgIpc) is 2.93. The van der Waals surface area contributed by atoms with E-state index in [-0.39, 0.29) is 37.4 Å². The Balaban J connectivity index is 1.90. The number of methoxy groups -OCH3 is 1. The average molecular weight is 580 g/mol. The predicted molar refractivity (Wildman–Crippen MR) is 163 cm³/mol. The summed E-state index contributed by atoms with van der Waals surface area (Å²) in [5.74, 6) is 0.187. The molecular formula is C32H41N3O5S. The highest BCUT2D eigenvalue weighted by Gasteiger charge is 2.31. The monoisotopic (exact) mass is 579 g/mol. The number of amides is 2. The maximum atomic E-state index is 13.9. The molecule has 41 heavy (non-hydrogen) atoms. The van der Waals surface area contributed by atoms with Gasteiger partial charge in [-0.15, -0.1) is 0 Å². The molecule has 0 aliphatic rings. The van der Waals surface area contributed by atoms with Crippen LogP contribution in [0.3, 0.4) is 0 Å². The highest BCUT2D eigenvalue weighted by atomic mass is 32.2. The maximum Gasteiger partial charge on any atom is 0.243 e. The van der Waals surface area contributed by atoms with Crippen molar-refractivity contribution in [2.75, 3.05) is 24.2 Å². The van der Waals surface area contributed by atoms with Gasteiger partial charge in [0.1, 0.15) is 11.8 Å². The molecule has 3 aromatic rings. The third-order valence-corrected chi connectivity index (χ3v) is 7.91. The molecule has 9 heteroatoms. The molecule has 3 aromatic carbocycles. The molecule has 220 valence electrons. The van der Waals surface area contributed by atoms with E-state index in [1.54, 1.807) is 24.1 Å². The van der Waals surface area contributed by atoms with Gasteiger partial charge in [-0.2, -0.15) is 0 Å². The van der Waals surface area contributed by atoms with Gasteiger partial charge in [-0.05, 0) is 62.1 Å². The minimum atomic E-state index is -3.57. The number of aryl methyl sites for hydroxylation is 1. The maximum absolute atomic E-state index is 13.9. The number of sulfonamides is 1. The number of hydrogen-bond acceptors (Lipinski definition) is 5. The van der Waals surface area contributed by atoms with Crippen LogP contribution in [0, 0.1) is 6.92 Å². The summed E-state index contributed by atoms with van der Waals surface area (Å²) >= 11 is 0. The summed E-state index contributed by atoms with van der Waals surface area (Å²) in [7, 11) is -1.99. The van der Waals surface area contributed by atoms with Crippen LogP contribution in [-0.2, 0) is 32.6 Å². The van der Waals surface area contributed by atoms with Gasteiger partial charge < -0.3 is 15.0 Å². The number of carbonyl (C=O) groups excluding carboxylic acids is 2. The SMILES string of the molecule is COc1cccc(CN(C(=O)CCCN(c2ccccc2C)S(C)(=O)=O)[C@@H](Cc2ccccc2)C(=O)NC(C)C)c1. The number of ether oxygens (including phenoxy) is 1. The molecule has 0 heterocycles. The summed E-state index contributed by atoms with van der Waals surface area (Å²) in [6, 6.07) is 23.4. The van der Waals surface area contributed by atoms with E-state index in [0.29, 0.717) is 24.3 Å². The second-order valence-electron chi connectivity index (χ2n) is 10.5. The van der Waals surface area contributed by atoms with Crippen LogP contribution in [0.5, 0.6) is 5.75 Å². The molecule has 0 unspecified atom stereocenters. The van der Waals surface area contributed by atoms with Gasteiger partial charge in [0.25, 0.3) is 0 Å². The summed E-state index contributed by atoms with van der Waals surface area (Å²) in [6.45, 7) is 5.97. The van der Waals surface area contributed by atoms with E-state index >= 15 is 0 Å². The Kier molecular flexibility index (Phi) is 11.3. The van der Waals surface area contributed by atoms with Crippen molar-refractivity contribution in [1.29, 1.82) is 0 Å². The summed E-state index contributed by atoms with van der Waals surface area (Å²) < 4.78 is 32.1. The smallest absolute Gasteiger partial charge is 0.243 e. The molecule has 0 bridgehead atoms. The molecule has 0 fully saturated rings. The topological polar surface area (TPSA) is 96.0 Å². The Bertz CT molecular complexity index is 1410. The molecule has 1 atom stereocenters. The first-order chi connectivity index (χ1) is 19.5. The number of nitrogens with zero attached hydrogens (tertiary/aromatic N) is 2. The van der Waals surface area contributed by atoms with Crippen LogP contribution in [0.15, 0.2) is 78.9 Å². The normalized spacial score (nSPS) is 12.0. The molecule has 0 radical (unpaired) electrons. The number of anilines is 1. The summed E-state index contributed by atoms with van der Waals surface area (Å²) in [5.41, 5.74) is 3.18. The molecule has 3 rings (SSSR count). The molecule has 8 nitrogen and oxygen atoms in total. The minimum absolute atomic E-state index is 0.0715. The van der Waals surface area contributed by atoms with Gasteiger partial charge in [-0.25, -0.2) is 8.42 Å². The van der Waals surface area contributed by atoms with E-state index < -0.39 is 16.1 Å². The van der Waals surface area contributed by atoms with Crippen molar-refractivity contribution in [3.8, 4) is 5.75 Å². The van der Waals surface area contributed by atoms with Crippen LogP contribution in [-0.4, -0.2) is 57.1 Å². The lowest BCUT2D eigenvalue weighted by Gasteiger charge is -2.32. The van der Waals surface area contributed by atoms with Gasteiger partial charge >= 0.3 is 0 Å². The van der Waals surface area contributed by atoms with Gasteiger partial charge in [0.2, 0.25) is 21.8 Å². The predicted octanol–water partition coefficient (Wildman–Crippen LogP) is 4.71. The van der Waals surface area contributed by atoms with E-state index in [1.807, 2.05) is 87.5 Å². The Labute approximate surface area is 244 Å². The second kappa shape index (κ2) is 14.7. The molecule has 0 spiro atoms. The van der Waals surface area contributed by atoms with Crippen LogP contribution in [0.2, 0.25) is 0 Å². The summed E-state index contributed by atoms with van der Waals surface area (Å²) in [5, 5.41) is 2.98. The Morgan fingerprint density at radius 2 is 1.59 bits per heavy atom. The van der Waals surface area contributed by atoms with E-state index in [2.05, 4.69) is 5.32 Å². The standard InChI is InChI=1S/C32H41N3O5S/c1-24(2)33-32(37)30(22-26-14-7-6-8-15-26)34(23-27-16-11-17-28(21-27)40-4)31(36)19-12-20-35(41(5,38)39)29-18-10-9-13-25(29)3/h6-11,13-18,21,24,30H,12,19-20,22-23H2,1-5H3,(H,33,37)/t30-/m0/s1. The quantitative estimate of drug-likeness (QED) is 0.298. The van der Waals surface area contributed by atoms with Crippen LogP contribution < -0.4 is 14.4 Å². The number of para-hydroxylation sites is 1. The lowest BCUT2D eigenvalue weighted by molar-refractivity contribution is -0.141. The second-order valence-corrected chi connectivity index (χ2v) is 12.4. The van der Waals surface area contributed by atoms with Gasteiger partial charge in [0, 0.05) is 32.0 Å². The number of nitrogens with one attached hydrogen (secondary N) is 1. The van der Waals surface area contributed by atoms with E-state index in [1.165, 1.54) is 10.6 Å². The van der Waals surface area contributed by atoms with Gasteiger partial charge in [-0.3, -0.25) is 13.9 Å². The van der Waals surface area contributed by atoms with Crippen molar-refractivity contribution in [2.45, 2.75) is 58.7 Å². The fourth-order valence-electron chi connectivity index (χ4n) is 4.73. The minimum Gasteiger partial charge on any atom is -0.497 e. The molecule has 2 amide bonds. The van der Waals surface area contributed by atoms with E-state index in [0.717, 1.165) is 16.7 Å².